The number of imidazole rings is 1. The Hall–Kier alpha value is -3.49. The Bertz CT molecular complexity index is 1390. The summed E-state index contributed by atoms with van der Waals surface area (Å²) >= 11 is 0. The van der Waals surface area contributed by atoms with Gasteiger partial charge in [-0.25, -0.2) is 18.1 Å². The zero-order valence-electron chi connectivity index (χ0n) is 19.3. The molecule has 1 fully saturated rings. The minimum absolute atomic E-state index is 0.0409. The van der Waals surface area contributed by atoms with Gasteiger partial charge in [0, 0.05) is 11.6 Å². The van der Waals surface area contributed by atoms with Crippen LogP contribution in [0, 0.1) is 0 Å². The number of nitrogens with one attached hydrogen (secondary N) is 3. The Labute approximate surface area is 205 Å². The second-order valence-electron chi connectivity index (χ2n) is 8.99. The molecule has 1 saturated carbocycles. The first-order valence-corrected chi connectivity index (χ1v) is 13.4. The van der Waals surface area contributed by atoms with Crippen molar-refractivity contribution in [2.45, 2.75) is 49.1 Å². The van der Waals surface area contributed by atoms with Crippen LogP contribution in [0.25, 0.3) is 11.0 Å². The number of aromatic amines is 1. The predicted molar refractivity (Wildman–Crippen MR) is 135 cm³/mol. The van der Waals surface area contributed by atoms with E-state index in [4.69, 9.17) is 4.98 Å². The zero-order valence-corrected chi connectivity index (χ0v) is 20.1. The van der Waals surface area contributed by atoms with Crippen molar-refractivity contribution in [3.8, 4) is 0 Å². The van der Waals surface area contributed by atoms with Gasteiger partial charge in [-0.05, 0) is 55.2 Å². The molecule has 0 spiro atoms. The lowest BCUT2D eigenvalue weighted by molar-refractivity contribution is 0.0934. The van der Waals surface area contributed by atoms with E-state index in [2.05, 4.69) is 15.0 Å². The molecule has 1 aromatic heterocycles. The van der Waals surface area contributed by atoms with E-state index in [1.54, 1.807) is 12.1 Å². The SMILES string of the molecule is O=C(NC(Cc1ccccc1)c1nc2ccccc2[nH]1)c1cccc(S(=O)(=O)NC2CCCC2)c1. The Morgan fingerprint density at radius 2 is 1.71 bits per heavy atom. The van der Waals surface area contributed by atoms with Crippen molar-refractivity contribution in [2.75, 3.05) is 0 Å². The molecular formula is C27H28N4O3S. The number of amides is 1. The molecule has 1 aliphatic rings. The van der Waals surface area contributed by atoms with E-state index in [-0.39, 0.29) is 22.4 Å². The number of nitrogens with zero attached hydrogens (tertiary/aromatic N) is 1. The molecule has 1 heterocycles. The van der Waals surface area contributed by atoms with Gasteiger partial charge in [-0.3, -0.25) is 4.79 Å². The number of rotatable bonds is 8. The van der Waals surface area contributed by atoms with Crippen molar-refractivity contribution in [3.05, 3.63) is 95.8 Å². The molecule has 7 nitrogen and oxygen atoms in total. The van der Waals surface area contributed by atoms with Crippen molar-refractivity contribution < 1.29 is 13.2 Å². The van der Waals surface area contributed by atoms with Crippen LogP contribution in [-0.4, -0.2) is 30.3 Å². The van der Waals surface area contributed by atoms with Crippen LogP contribution in [0.4, 0.5) is 0 Å². The maximum absolute atomic E-state index is 13.3. The van der Waals surface area contributed by atoms with Crippen molar-refractivity contribution in [1.82, 2.24) is 20.0 Å². The summed E-state index contributed by atoms with van der Waals surface area (Å²) in [6.45, 7) is 0. The van der Waals surface area contributed by atoms with Gasteiger partial charge < -0.3 is 10.3 Å². The van der Waals surface area contributed by atoms with Crippen molar-refractivity contribution in [3.63, 3.8) is 0 Å². The highest BCUT2D eigenvalue weighted by Crippen LogP contribution is 2.23. The molecule has 3 N–H and O–H groups in total. The molecule has 180 valence electrons. The molecular weight excluding hydrogens is 460 g/mol. The van der Waals surface area contributed by atoms with E-state index in [1.165, 1.54) is 12.1 Å². The molecule has 35 heavy (non-hydrogen) atoms. The molecule has 0 saturated heterocycles. The van der Waals surface area contributed by atoms with Gasteiger partial charge in [0.15, 0.2) is 0 Å². The van der Waals surface area contributed by atoms with Crippen LogP contribution in [0.5, 0.6) is 0 Å². The van der Waals surface area contributed by atoms with Gasteiger partial charge in [0.2, 0.25) is 10.0 Å². The fourth-order valence-electron chi connectivity index (χ4n) is 4.58. The lowest BCUT2D eigenvalue weighted by atomic mass is 10.0. The number of fused-ring (bicyclic) bond motifs is 1. The highest BCUT2D eigenvalue weighted by Gasteiger charge is 2.25. The number of hydrogen-bond donors (Lipinski definition) is 3. The maximum atomic E-state index is 13.3. The number of benzene rings is 3. The molecule has 3 aromatic carbocycles. The normalized spacial score (nSPS) is 15.3. The van der Waals surface area contributed by atoms with Gasteiger partial charge >= 0.3 is 0 Å². The molecule has 1 atom stereocenters. The molecule has 1 unspecified atom stereocenters. The van der Waals surface area contributed by atoms with Crippen LogP contribution in [0.1, 0.15) is 53.5 Å². The Kier molecular flexibility index (Phi) is 6.66. The third kappa shape index (κ3) is 5.44. The second-order valence-corrected chi connectivity index (χ2v) is 10.7. The topological polar surface area (TPSA) is 104 Å². The van der Waals surface area contributed by atoms with Crippen LogP contribution in [0.2, 0.25) is 0 Å². The van der Waals surface area contributed by atoms with Crippen LogP contribution < -0.4 is 10.0 Å². The number of carbonyl (C=O) groups is 1. The fourth-order valence-corrected chi connectivity index (χ4v) is 5.93. The van der Waals surface area contributed by atoms with Gasteiger partial charge in [0.1, 0.15) is 5.82 Å². The zero-order chi connectivity index (χ0) is 24.3. The molecule has 1 amide bonds. The van der Waals surface area contributed by atoms with Crippen LogP contribution >= 0.6 is 0 Å². The van der Waals surface area contributed by atoms with Gasteiger partial charge in [-0.15, -0.1) is 0 Å². The van der Waals surface area contributed by atoms with E-state index in [0.717, 1.165) is 42.3 Å². The Morgan fingerprint density at radius 3 is 2.49 bits per heavy atom. The molecule has 5 rings (SSSR count). The minimum atomic E-state index is -3.69. The third-order valence-corrected chi connectivity index (χ3v) is 7.93. The van der Waals surface area contributed by atoms with Crippen molar-refractivity contribution >= 4 is 27.0 Å². The van der Waals surface area contributed by atoms with Gasteiger partial charge in [-0.2, -0.15) is 0 Å². The van der Waals surface area contributed by atoms with Gasteiger partial charge in [0.05, 0.1) is 22.0 Å². The Morgan fingerprint density at radius 1 is 0.971 bits per heavy atom. The average Bonchev–Trinajstić information content (AvgIpc) is 3.54. The third-order valence-electron chi connectivity index (χ3n) is 6.41. The summed E-state index contributed by atoms with van der Waals surface area (Å²) in [6.07, 6.45) is 4.28. The van der Waals surface area contributed by atoms with Crippen LogP contribution in [0.15, 0.2) is 83.8 Å². The molecule has 1 aliphatic carbocycles. The van der Waals surface area contributed by atoms with Crippen LogP contribution in [-0.2, 0) is 16.4 Å². The smallest absolute Gasteiger partial charge is 0.251 e. The number of sulfonamides is 1. The quantitative estimate of drug-likeness (QED) is 0.340. The number of hydrogen-bond acceptors (Lipinski definition) is 4. The number of H-pyrrole nitrogens is 1. The summed E-state index contributed by atoms with van der Waals surface area (Å²) in [6, 6.07) is 23.3. The van der Waals surface area contributed by atoms with Gasteiger partial charge in [-0.1, -0.05) is 61.4 Å². The average molecular weight is 489 g/mol. The first-order valence-electron chi connectivity index (χ1n) is 11.9. The summed E-state index contributed by atoms with van der Waals surface area (Å²) in [5.41, 5.74) is 3.05. The summed E-state index contributed by atoms with van der Waals surface area (Å²) < 4.78 is 28.6. The molecule has 4 aromatic rings. The molecule has 0 bridgehead atoms. The summed E-state index contributed by atoms with van der Waals surface area (Å²) in [5.74, 6) is 0.291. The first kappa shape index (κ1) is 23.3. The lowest BCUT2D eigenvalue weighted by Gasteiger charge is -2.18. The van der Waals surface area contributed by atoms with Gasteiger partial charge in [0.25, 0.3) is 5.91 Å². The lowest BCUT2D eigenvalue weighted by Crippen LogP contribution is -2.33. The largest absolute Gasteiger partial charge is 0.342 e. The first-order chi connectivity index (χ1) is 17.0. The standard InChI is InChI=1S/C27H28N4O3S/c32-27(20-11-8-14-22(18-20)35(33,34)31-21-12-4-5-13-21)30-25(17-19-9-2-1-3-10-19)26-28-23-15-6-7-16-24(23)29-26/h1-3,6-11,14-16,18,21,25,31H,4-5,12-13,17H2,(H,28,29)(H,30,32). The maximum Gasteiger partial charge on any atom is 0.251 e. The number of para-hydroxylation sites is 2. The van der Waals surface area contributed by atoms with E-state index < -0.39 is 16.1 Å². The molecule has 0 radical (unpaired) electrons. The number of carbonyl (C=O) groups excluding carboxylic acids is 1. The van der Waals surface area contributed by atoms with E-state index in [1.807, 2.05) is 54.6 Å². The minimum Gasteiger partial charge on any atom is -0.342 e. The second kappa shape index (κ2) is 10.0. The summed E-state index contributed by atoms with van der Waals surface area (Å²) in [4.78, 5) is 21.4. The monoisotopic (exact) mass is 488 g/mol. The summed E-state index contributed by atoms with van der Waals surface area (Å²) in [5, 5.41) is 3.06. The predicted octanol–water partition coefficient (Wildman–Crippen LogP) is 4.50. The van der Waals surface area contributed by atoms with E-state index in [9.17, 15) is 13.2 Å². The summed E-state index contributed by atoms with van der Waals surface area (Å²) in [7, 11) is -3.69. The molecule has 8 heteroatoms. The highest BCUT2D eigenvalue weighted by molar-refractivity contribution is 7.89. The Balaban J connectivity index is 1.40. The number of aromatic nitrogens is 2. The van der Waals surface area contributed by atoms with Crippen molar-refractivity contribution in [2.24, 2.45) is 0 Å². The van der Waals surface area contributed by atoms with E-state index in [0.29, 0.717) is 12.2 Å². The highest BCUT2D eigenvalue weighted by atomic mass is 32.2. The van der Waals surface area contributed by atoms with E-state index >= 15 is 0 Å². The van der Waals surface area contributed by atoms with Crippen LogP contribution in [0.3, 0.4) is 0 Å². The van der Waals surface area contributed by atoms with Crippen molar-refractivity contribution in [1.29, 1.82) is 0 Å². The fraction of sp³-hybridized carbons (Fsp3) is 0.259. The molecule has 0 aliphatic heterocycles.